The van der Waals surface area contributed by atoms with Crippen molar-refractivity contribution in [2.24, 2.45) is 0 Å². The predicted molar refractivity (Wildman–Crippen MR) is 72.9 cm³/mol. The van der Waals surface area contributed by atoms with E-state index in [1.807, 2.05) is 31.2 Å². The van der Waals surface area contributed by atoms with Crippen molar-refractivity contribution in [3.8, 4) is 0 Å². The first kappa shape index (κ1) is 12.2. The molecular weight excluding hydrogens is 329 g/mol. The smallest absolute Gasteiger partial charge is 0.171 e. The van der Waals surface area contributed by atoms with Crippen LogP contribution in [0.15, 0.2) is 30.6 Å². The standard InChI is InChI=1S/C12H12IN3O/c1-2-16-12(14-8-15-16)7-11(17)9-5-3-4-6-10(9)13/h3-6,8H,2,7H2,1H3. The molecule has 0 aliphatic rings. The van der Waals surface area contributed by atoms with Crippen molar-refractivity contribution < 1.29 is 4.79 Å². The molecule has 0 atom stereocenters. The van der Waals surface area contributed by atoms with Crippen LogP contribution < -0.4 is 0 Å². The Hall–Kier alpha value is -1.24. The van der Waals surface area contributed by atoms with Crippen LogP contribution in [0.1, 0.15) is 23.1 Å². The number of ketones is 1. The summed E-state index contributed by atoms with van der Waals surface area (Å²) < 4.78 is 2.71. The van der Waals surface area contributed by atoms with Gasteiger partial charge in [-0.1, -0.05) is 18.2 Å². The van der Waals surface area contributed by atoms with Gasteiger partial charge in [0.25, 0.3) is 0 Å². The highest BCUT2D eigenvalue weighted by molar-refractivity contribution is 14.1. The van der Waals surface area contributed by atoms with E-state index in [0.29, 0.717) is 6.42 Å². The molecule has 5 heteroatoms. The van der Waals surface area contributed by atoms with Crippen LogP contribution in [0.3, 0.4) is 0 Å². The van der Waals surface area contributed by atoms with Crippen LogP contribution >= 0.6 is 22.6 Å². The van der Waals surface area contributed by atoms with Crippen molar-refractivity contribution in [2.75, 3.05) is 0 Å². The van der Waals surface area contributed by atoms with E-state index in [-0.39, 0.29) is 5.78 Å². The zero-order chi connectivity index (χ0) is 12.3. The second kappa shape index (κ2) is 5.39. The molecule has 0 radical (unpaired) electrons. The third-order valence-electron chi connectivity index (χ3n) is 2.49. The lowest BCUT2D eigenvalue weighted by Crippen LogP contribution is -2.11. The second-order valence-electron chi connectivity index (χ2n) is 3.57. The molecule has 0 N–H and O–H groups in total. The van der Waals surface area contributed by atoms with Crippen LogP contribution in [0.2, 0.25) is 0 Å². The lowest BCUT2D eigenvalue weighted by Gasteiger charge is -2.04. The van der Waals surface area contributed by atoms with Crippen LogP contribution in [0, 0.1) is 3.57 Å². The summed E-state index contributed by atoms with van der Waals surface area (Å²) in [6, 6.07) is 7.57. The highest BCUT2D eigenvalue weighted by Crippen LogP contribution is 2.13. The van der Waals surface area contributed by atoms with Gasteiger partial charge >= 0.3 is 0 Å². The molecule has 0 bridgehead atoms. The molecule has 1 aromatic heterocycles. The summed E-state index contributed by atoms with van der Waals surface area (Å²) in [7, 11) is 0. The number of nitrogens with zero attached hydrogens (tertiary/aromatic N) is 3. The van der Waals surface area contributed by atoms with E-state index in [2.05, 4.69) is 32.7 Å². The average molecular weight is 341 g/mol. The Bertz CT molecular complexity index is 536. The third kappa shape index (κ3) is 2.71. The Labute approximate surface area is 113 Å². The number of aryl methyl sites for hydroxylation is 1. The number of carbonyl (C=O) groups excluding carboxylic acids is 1. The second-order valence-corrected chi connectivity index (χ2v) is 4.73. The first-order valence-electron chi connectivity index (χ1n) is 5.36. The highest BCUT2D eigenvalue weighted by Gasteiger charge is 2.13. The van der Waals surface area contributed by atoms with E-state index < -0.39 is 0 Å². The number of halogens is 1. The molecule has 1 aromatic carbocycles. The third-order valence-corrected chi connectivity index (χ3v) is 3.43. The largest absolute Gasteiger partial charge is 0.294 e. The Morgan fingerprint density at radius 3 is 2.88 bits per heavy atom. The molecule has 0 amide bonds. The van der Waals surface area contributed by atoms with Crippen LogP contribution in [0.4, 0.5) is 0 Å². The fraction of sp³-hybridized carbons (Fsp3) is 0.250. The first-order valence-corrected chi connectivity index (χ1v) is 6.44. The minimum atomic E-state index is 0.0812. The molecule has 1 heterocycles. The summed E-state index contributed by atoms with van der Waals surface area (Å²) in [5, 5.41) is 4.06. The molecule has 0 spiro atoms. The quantitative estimate of drug-likeness (QED) is 0.634. The number of Topliss-reactive ketones (excluding diaryl/α,β-unsaturated/α-hetero) is 1. The first-order chi connectivity index (χ1) is 8.22. The molecule has 0 unspecified atom stereocenters. The van der Waals surface area contributed by atoms with Crippen LogP contribution in [-0.4, -0.2) is 20.5 Å². The minimum Gasteiger partial charge on any atom is -0.294 e. The van der Waals surface area contributed by atoms with Gasteiger partial charge in [0.15, 0.2) is 5.78 Å². The summed E-state index contributed by atoms with van der Waals surface area (Å²) in [6.07, 6.45) is 1.79. The van der Waals surface area contributed by atoms with Crippen molar-refractivity contribution in [2.45, 2.75) is 19.9 Å². The van der Waals surface area contributed by atoms with Gasteiger partial charge in [0.1, 0.15) is 12.2 Å². The van der Waals surface area contributed by atoms with E-state index in [1.165, 1.54) is 6.33 Å². The van der Waals surface area contributed by atoms with Crippen LogP contribution in [0.5, 0.6) is 0 Å². The number of hydrogen-bond donors (Lipinski definition) is 0. The van der Waals surface area contributed by atoms with Crippen molar-refractivity contribution in [1.29, 1.82) is 0 Å². The summed E-state index contributed by atoms with van der Waals surface area (Å²) in [6.45, 7) is 2.71. The molecular formula is C12H12IN3O. The van der Waals surface area contributed by atoms with E-state index in [0.717, 1.165) is 21.5 Å². The number of rotatable bonds is 4. The van der Waals surface area contributed by atoms with Gasteiger partial charge in [-0.15, -0.1) is 0 Å². The van der Waals surface area contributed by atoms with E-state index in [4.69, 9.17) is 0 Å². The molecule has 88 valence electrons. The molecule has 0 saturated heterocycles. The molecule has 0 fully saturated rings. The lowest BCUT2D eigenvalue weighted by atomic mass is 10.1. The molecule has 2 rings (SSSR count). The number of benzene rings is 1. The van der Waals surface area contributed by atoms with E-state index in [9.17, 15) is 4.79 Å². The van der Waals surface area contributed by atoms with Crippen LogP contribution in [0.25, 0.3) is 0 Å². The van der Waals surface area contributed by atoms with Gasteiger partial charge in [-0.05, 0) is 35.6 Å². The summed E-state index contributed by atoms with van der Waals surface area (Å²) >= 11 is 2.17. The minimum absolute atomic E-state index is 0.0812. The lowest BCUT2D eigenvalue weighted by molar-refractivity contribution is 0.0988. The summed E-state index contributed by atoms with van der Waals surface area (Å²) in [4.78, 5) is 16.2. The molecule has 0 aliphatic heterocycles. The van der Waals surface area contributed by atoms with Gasteiger partial charge in [-0.3, -0.25) is 4.79 Å². The van der Waals surface area contributed by atoms with Crippen LogP contribution in [-0.2, 0) is 13.0 Å². The van der Waals surface area contributed by atoms with E-state index in [1.54, 1.807) is 4.68 Å². The van der Waals surface area contributed by atoms with Gasteiger partial charge in [0, 0.05) is 15.7 Å². The zero-order valence-corrected chi connectivity index (χ0v) is 11.6. The SMILES string of the molecule is CCn1ncnc1CC(=O)c1ccccc1I. The van der Waals surface area contributed by atoms with Gasteiger partial charge in [-0.2, -0.15) is 5.10 Å². The maximum absolute atomic E-state index is 12.1. The maximum Gasteiger partial charge on any atom is 0.171 e. The Kier molecular flexibility index (Phi) is 3.88. The zero-order valence-electron chi connectivity index (χ0n) is 9.43. The summed E-state index contributed by atoms with van der Waals surface area (Å²) in [5.41, 5.74) is 0.749. The number of hydrogen-bond acceptors (Lipinski definition) is 3. The van der Waals surface area contributed by atoms with Crippen molar-refractivity contribution in [3.63, 3.8) is 0 Å². The van der Waals surface area contributed by atoms with Crippen molar-refractivity contribution in [1.82, 2.24) is 14.8 Å². The van der Waals surface area contributed by atoms with Gasteiger partial charge < -0.3 is 0 Å². The fourth-order valence-corrected chi connectivity index (χ4v) is 2.30. The number of carbonyl (C=O) groups is 1. The van der Waals surface area contributed by atoms with Crippen molar-refractivity contribution >= 4 is 28.4 Å². The van der Waals surface area contributed by atoms with Gasteiger partial charge in [-0.25, -0.2) is 9.67 Å². The van der Waals surface area contributed by atoms with Gasteiger partial charge in [0.05, 0.1) is 6.42 Å². The monoisotopic (exact) mass is 341 g/mol. The fourth-order valence-electron chi connectivity index (χ4n) is 1.62. The molecule has 0 aliphatic carbocycles. The Morgan fingerprint density at radius 2 is 2.18 bits per heavy atom. The number of aromatic nitrogens is 3. The topological polar surface area (TPSA) is 47.8 Å². The molecule has 4 nitrogen and oxygen atoms in total. The molecule has 2 aromatic rings. The molecule has 0 saturated carbocycles. The Morgan fingerprint density at radius 1 is 1.41 bits per heavy atom. The average Bonchev–Trinajstić information content (AvgIpc) is 2.76. The maximum atomic E-state index is 12.1. The normalized spacial score (nSPS) is 10.5. The van der Waals surface area contributed by atoms with E-state index >= 15 is 0 Å². The van der Waals surface area contributed by atoms with Gasteiger partial charge in [0.2, 0.25) is 0 Å². The van der Waals surface area contributed by atoms with Crippen molar-refractivity contribution in [3.05, 3.63) is 45.6 Å². The summed E-state index contributed by atoms with van der Waals surface area (Å²) in [5.74, 6) is 0.801. The molecule has 17 heavy (non-hydrogen) atoms. The predicted octanol–water partition coefficient (Wildman–Crippen LogP) is 2.33. The highest BCUT2D eigenvalue weighted by atomic mass is 127. The Balaban J connectivity index is 2.20.